The number of ether oxygens (including phenoxy) is 1. The lowest BCUT2D eigenvalue weighted by Gasteiger charge is -2.38. The third-order valence-corrected chi connectivity index (χ3v) is 3.90. The molecule has 1 aliphatic carbocycles. The number of nitrogens with one attached hydrogen (secondary N) is 1. The Hall–Kier alpha value is -1.62. The van der Waals surface area contributed by atoms with Gasteiger partial charge in [0, 0.05) is 19.4 Å². The van der Waals surface area contributed by atoms with Gasteiger partial charge >= 0.3 is 6.09 Å². The summed E-state index contributed by atoms with van der Waals surface area (Å²) in [6.45, 7) is 0.492. The van der Waals surface area contributed by atoms with Crippen LogP contribution in [0.5, 0.6) is 0 Å². The number of rotatable bonds is 3. The van der Waals surface area contributed by atoms with Crippen LogP contribution >= 0.6 is 0 Å². The summed E-state index contributed by atoms with van der Waals surface area (Å²) in [5.41, 5.74) is -0.850. The number of alkyl carbamates (subject to hydrolysis) is 1. The van der Waals surface area contributed by atoms with E-state index in [4.69, 9.17) is 4.74 Å². The second kappa shape index (κ2) is 4.20. The maximum atomic E-state index is 13.0. The van der Waals surface area contributed by atoms with Crippen LogP contribution in [0, 0.1) is 5.82 Å². The van der Waals surface area contributed by atoms with Crippen LogP contribution in [-0.2, 0) is 10.3 Å². The van der Waals surface area contributed by atoms with Crippen molar-refractivity contribution in [2.75, 3.05) is 6.54 Å². The first-order valence-electron chi connectivity index (χ1n) is 6.47. The first-order valence-corrected chi connectivity index (χ1v) is 6.47. The molecule has 1 heterocycles. The molecule has 4 nitrogen and oxygen atoms in total. The molecule has 1 aliphatic heterocycles. The van der Waals surface area contributed by atoms with Crippen molar-refractivity contribution in [3.63, 3.8) is 0 Å². The molecular weight excluding hydrogens is 249 g/mol. The van der Waals surface area contributed by atoms with Gasteiger partial charge in [0.05, 0.1) is 5.60 Å². The van der Waals surface area contributed by atoms with E-state index in [0.717, 1.165) is 18.4 Å². The van der Waals surface area contributed by atoms with Gasteiger partial charge in [0.2, 0.25) is 0 Å². The smallest absolute Gasteiger partial charge is 0.408 e. The molecule has 1 unspecified atom stereocenters. The zero-order valence-corrected chi connectivity index (χ0v) is 10.5. The lowest BCUT2D eigenvalue weighted by Crippen LogP contribution is -2.47. The molecule has 5 heteroatoms. The second-order valence-corrected chi connectivity index (χ2v) is 5.47. The fourth-order valence-electron chi connectivity index (χ4n) is 2.67. The van der Waals surface area contributed by atoms with Crippen LogP contribution in [0.3, 0.4) is 0 Å². The number of cyclic esters (lactones) is 1. The van der Waals surface area contributed by atoms with Gasteiger partial charge in [0.25, 0.3) is 0 Å². The van der Waals surface area contributed by atoms with Crippen molar-refractivity contribution < 1.29 is 19.0 Å². The van der Waals surface area contributed by atoms with Crippen LogP contribution in [0.1, 0.15) is 31.2 Å². The molecule has 3 rings (SSSR count). The Morgan fingerprint density at radius 2 is 1.95 bits per heavy atom. The molecule has 2 aliphatic rings. The Bertz CT molecular complexity index is 498. The van der Waals surface area contributed by atoms with Crippen LogP contribution in [0.2, 0.25) is 0 Å². The maximum absolute atomic E-state index is 13.0. The Labute approximate surface area is 110 Å². The summed E-state index contributed by atoms with van der Waals surface area (Å²) in [4.78, 5) is 11.5. The Kier molecular flexibility index (Phi) is 2.74. The number of halogens is 1. The fraction of sp³-hybridized carbons (Fsp3) is 0.500. The molecule has 1 atom stereocenters. The van der Waals surface area contributed by atoms with Gasteiger partial charge in [-0.3, -0.25) is 0 Å². The number of carbonyl (C=O) groups is 1. The van der Waals surface area contributed by atoms with Crippen molar-refractivity contribution in [2.45, 2.75) is 36.9 Å². The van der Waals surface area contributed by atoms with E-state index in [1.807, 2.05) is 0 Å². The maximum Gasteiger partial charge on any atom is 0.408 e. The number of carbonyl (C=O) groups excluding carboxylic acids is 1. The summed E-state index contributed by atoms with van der Waals surface area (Å²) in [6, 6.07) is 5.95. The topological polar surface area (TPSA) is 58.6 Å². The summed E-state index contributed by atoms with van der Waals surface area (Å²) in [7, 11) is 0. The fourth-order valence-corrected chi connectivity index (χ4v) is 2.67. The largest absolute Gasteiger partial charge is 0.438 e. The van der Waals surface area contributed by atoms with E-state index >= 15 is 0 Å². The zero-order chi connectivity index (χ0) is 13.5. The predicted octanol–water partition coefficient (Wildman–Crippen LogP) is 2.07. The van der Waals surface area contributed by atoms with E-state index in [-0.39, 0.29) is 5.82 Å². The van der Waals surface area contributed by atoms with Crippen LogP contribution < -0.4 is 5.32 Å². The highest BCUT2D eigenvalue weighted by Crippen LogP contribution is 2.48. The van der Waals surface area contributed by atoms with Crippen molar-refractivity contribution in [1.82, 2.24) is 5.32 Å². The summed E-state index contributed by atoms with van der Waals surface area (Å²) >= 11 is 0. The van der Waals surface area contributed by atoms with E-state index in [9.17, 15) is 14.3 Å². The van der Waals surface area contributed by atoms with E-state index < -0.39 is 17.3 Å². The highest BCUT2D eigenvalue weighted by atomic mass is 19.1. The van der Waals surface area contributed by atoms with Crippen molar-refractivity contribution in [2.24, 2.45) is 0 Å². The predicted molar refractivity (Wildman–Crippen MR) is 66.0 cm³/mol. The van der Waals surface area contributed by atoms with Gasteiger partial charge in [-0.2, -0.15) is 0 Å². The third kappa shape index (κ3) is 2.42. The molecule has 102 valence electrons. The number of amides is 1. The monoisotopic (exact) mass is 265 g/mol. The Morgan fingerprint density at radius 3 is 2.53 bits per heavy atom. The molecule has 1 aromatic carbocycles. The van der Waals surface area contributed by atoms with Crippen LogP contribution in [0.25, 0.3) is 0 Å². The molecule has 19 heavy (non-hydrogen) atoms. The van der Waals surface area contributed by atoms with Gasteiger partial charge in [-0.25, -0.2) is 9.18 Å². The van der Waals surface area contributed by atoms with Gasteiger partial charge in [-0.1, -0.05) is 12.1 Å². The highest BCUT2D eigenvalue weighted by Gasteiger charge is 2.51. The summed E-state index contributed by atoms with van der Waals surface area (Å²) in [6.07, 6.45) is 1.91. The van der Waals surface area contributed by atoms with Gasteiger partial charge in [0.1, 0.15) is 11.4 Å². The Morgan fingerprint density at radius 1 is 1.26 bits per heavy atom. The van der Waals surface area contributed by atoms with Crippen LogP contribution in [-0.4, -0.2) is 23.3 Å². The van der Waals surface area contributed by atoms with E-state index in [0.29, 0.717) is 19.4 Å². The lowest BCUT2D eigenvalue weighted by molar-refractivity contribution is -0.0565. The molecule has 0 bridgehead atoms. The normalized spacial score (nSPS) is 28.4. The summed E-state index contributed by atoms with van der Waals surface area (Å²) in [5, 5.41) is 12.8. The minimum atomic E-state index is -0.846. The molecular formula is C14H16FNO3. The zero-order valence-electron chi connectivity index (χ0n) is 10.5. The average Bonchev–Trinajstić information content (AvgIpc) is 3.07. The first kappa shape index (κ1) is 12.4. The summed E-state index contributed by atoms with van der Waals surface area (Å²) in [5.74, 6) is -0.329. The quantitative estimate of drug-likeness (QED) is 0.879. The minimum Gasteiger partial charge on any atom is -0.438 e. The van der Waals surface area contributed by atoms with E-state index in [1.54, 1.807) is 12.1 Å². The Balaban J connectivity index is 1.94. The van der Waals surface area contributed by atoms with Crippen molar-refractivity contribution >= 4 is 6.09 Å². The summed E-state index contributed by atoms with van der Waals surface area (Å²) < 4.78 is 18.5. The van der Waals surface area contributed by atoms with Gasteiger partial charge in [-0.15, -0.1) is 0 Å². The molecule has 1 amide bonds. The van der Waals surface area contributed by atoms with Gasteiger partial charge < -0.3 is 15.2 Å². The number of hydrogen-bond donors (Lipinski definition) is 2. The number of benzene rings is 1. The van der Waals surface area contributed by atoms with Gasteiger partial charge in [-0.05, 0) is 30.5 Å². The van der Waals surface area contributed by atoms with Crippen molar-refractivity contribution in [3.05, 3.63) is 35.6 Å². The second-order valence-electron chi connectivity index (χ2n) is 5.47. The minimum absolute atomic E-state index is 0.329. The molecule has 2 N–H and O–H groups in total. The molecule has 1 aromatic rings. The SMILES string of the molecule is O=C1NCCC(CC2(O)CC2)(c2ccc(F)cc2)O1. The molecule has 1 saturated heterocycles. The van der Waals surface area contributed by atoms with Crippen LogP contribution in [0.4, 0.5) is 9.18 Å². The molecule has 0 radical (unpaired) electrons. The molecule has 0 aromatic heterocycles. The number of aliphatic hydroxyl groups is 1. The first-order chi connectivity index (χ1) is 9.01. The van der Waals surface area contributed by atoms with Gasteiger partial charge in [0.15, 0.2) is 0 Å². The molecule has 0 spiro atoms. The van der Waals surface area contributed by atoms with Crippen molar-refractivity contribution in [1.29, 1.82) is 0 Å². The highest BCUT2D eigenvalue weighted by molar-refractivity contribution is 5.69. The van der Waals surface area contributed by atoms with E-state index in [2.05, 4.69) is 5.32 Å². The van der Waals surface area contributed by atoms with E-state index in [1.165, 1.54) is 12.1 Å². The lowest BCUT2D eigenvalue weighted by atomic mass is 9.83. The van der Waals surface area contributed by atoms with Crippen LogP contribution in [0.15, 0.2) is 24.3 Å². The molecule has 2 fully saturated rings. The van der Waals surface area contributed by atoms with Crippen molar-refractivity contribution in [3.8, 4) is 0 Å². The number of hydrogen-bond acceptors (Lipinski definition) is 3. The average molecular weight is 265 g/mol. The third-order valence-electron chi connectivity index (χ3n) is 3.90. The molecule has 1 saturated carbocycles. The standard InChI is InChI=1S/C14H16FNO3/c15-11-3-1-10(2-4-11)14(9-13(18)5-6-13)7-8-16-12(17)19-14/h1-4,18H,5-9H2,(H,16,17).